The average molecular weight is 387 g/mol. The van der Waals surface area contributed by atoms with Gasteiger partial charge in [-0.05, 0) is 79.2 Å². The highest BCUT2D eigenvalue weighted by atomic mass is 16.5. The van der Waals surface area contributed by atoms with Crippen LogP contribution < -0.4 is 15.0 Å². The number of nitrogens with zero attached hydrogens (tertiary/aromatic N) is 4. The molecule has 3 aromatic rings. The summed E-state index contributed by atoms with van der Waals surface area (Å²) in [4.78, 5) is 7.36. The Balaban J connectivity index is 1.28. The third kappa shape index (κ3) is 2.90. The molecule has 3 aliphatic rings. The van der Waals surface area contributed by atoms with Gasteiger partial charge < -0.3 is 15.0 Å². The highest BCUT2D eigenvalue weighted by Gasteiger charge is 2.39. The van der Waals surface area contributed by atoms with E-state index in [0.29, 0.717) is 12.0 Å². The van der Waals surface area contributed by atoms with Crippen LogP contribution >= 0.6 is 0 Å². The Morgan fingerprint density at radius 3 is 2.79 bits per heavy atom. The van der Waals surface area contributed by atoms with Crippen molar-refractivity contribution in [1.82, 2.24) is 20.1 Å². The standard InChI is InChI=1S/C23H25N5O/c1-9-25-28(12-1)18-2-3-19-17(14-18)15-29-22-20(19)4-5-21(26-22)27-13-8-23(16-27)6-10-24-11-7-23/h1-5,9,12,14,24H,6-8,10-11,13,15-16H2. The van der Waals surface area contributed by atoms with Crippen molar-refractivity contribution < 1.29 is 4.74 Å². The van der Waals surface area contributed by atoms with E-state index in [1.54, 1.807) is 6.20 Å². The molecule has 0 radical (unpaired) electrons. The predicted molar refractivity (Wildman–Crippen MR) is 112 cm³/mol. The number of fused-ring (bicyclic) bond motifs is 3. The van der Waals surface area contributed by atoms with Crippen molar-refractivity contribution in [2.45, 2.75) is 25.9 Å². The van der Waals surface area contributed by atoms with Crippen LogP contribution in [0.5, 0.6) is 5.88 Å². The van der Waals surface area contributed by atoms with E-state index in [-0.39, 0.29) is 0 Å². The molecule has 2 aromatic heterocycles. The first kappa shape index (κ1) is 17.0. The number of pyridine rings is 1. The number of nitrogens with one attached hydrogen (secondary N) is 1. The highest BCUT2D eigenvalue weighted by Crippen LogP contribution is 2.42. The van der Waals surface area contributed by atoms with Gasteiger partial charge in [0.2, 0.25) is 5.88 Å². The topological polar surface area (TPSA) is 55.2 Å². The Bertz CT molecular complexity index is 1040. The fraction of sp³-hybridized carbons (Fsp3) is 0.391. The van der Waals surface area contributed by atoms with Gasteiger partial charge in [0.25, 0.3) is 0 Å². The van der Waals surface area contributed by atoms with Gasteiger partial charge >= 0.3 is 0 Å². The number of piperidine rings is 1. The lowest BCUT2D eigenvalue weighted by atomic mass is 9.78. The number of hydrogen-bond donors (Lipinski definition) is 1. The monoisotopic (exact) mass is 387 g/mol. The Kier molecular flexibility index (Phi) is 3.87. The number of benzene rings is 1. The molecule has 2 saturated heterocycles. The number of anilines is 1. The van der Waals surface area contributed by atoms with E-state index < -0.39 is 0 Å². The summed E-state index contributed by atoms with van der Waals surface area (Å²) in [6, 6.07) is 12.7. The van der Waals surface area contributed by atoms with Gasteiger partial charge in [-0.1, -0.05) is 6.07 Å². The molecule has 0 atom stereocenters. The molecule has 6 nitrogen and oxygen atoms in total. The van der Waals surface area contributed by atoms with Crippen molar-refractivity contribution in [2.75, 3.05) is 31.1 Å². The Labute approximate surface area is 170 Å². The van der Waals surface area contributed by atoms with E-state index in [2.05, 4.69) is 45.6 Å². The van der Waals surface area contributed by atoms with Crippen LogP contribution in [-0.2, 0) is 6.61 Å². The zero-order chi connectivity index (χ0) is 19.3. The van der Waals surface area contributed by atoms with E-state index in [0.717, 1.165) is 49.1 Å². The van der Waals surface area contributed by atoms with Crippen LogP contribution in [0.25, 0.3) is 16.8 Å². The number of rotatable bonds is 2. The van der Waals surface area contributed by atoms with Crippen LogP contribution in [0.2, 0.25) is 0 Å². The van der Waals surface area contributed by atoms with Crippen molar-refractivity contribution in [3.05, 3.63) is 54.4 Å². The Morgan fingerprint density at radius 2 is 1.93 bits per heavy atom. The fourth-order valence-corrected chi connectivity index (χ4v) is 5.09. The van der Waals surface area contributed by atoms with Gasteiger partial charge in [0.1, 0.15) is 12.4 Å². The summed E-state index contributed by atoms with van der Waals surface area (Å²) in [5, 5.41) is 7.82. The van der Waals surface area contributed by atoms with Crippen LogP contribution in [0.4, 0.5) is 5.82 Å². The predicted octanol–water partition coefficient (Wildman–Crippen LogP) is 3.41. The summed E-state index contributed by atoms with van der Waals surface area (Å²) in [6.45, 7) is 5.04. The fourth-order valence-electron chi connectivity index (χ4n) is 5.09. The van der Waals surface area contributed by atoms with E-state index in [9.17, 15) is 0 Å². The van der Waals surface area contributed by atoms with E-state index in [1.165, 1.54) is 30.4 Å². The first-order chi connectivity index (χ1) is 14.3. The molecule has 0 unspecified atom stereocenters. The third-order valence-corrected chi connectivity index (χ3v) is 6.78. The first-order valence-electron chi connectivity index (χ1n) is 10.5. The second-order valence-electron chi connectivity index (χ2n) is 8.52. The second kappa shape index (κ2) is 6.59. The summed E-state index contributed by atoms with van der Waals surface area (Å²) < 4.78 is 7.96. The summed E-state index contributed by atoms with van der Waals surface area (Å²) >= 11 is 0. The molecule has 1 spiro atoms. The van der Waals surface area contributed by atoms with Gasteiger partial charge in [-0.15, -0.1) is 0 Å². The minimum Gasteiger partial charge on any atom is -0.472 e. The number of hydrogen-bond acceptors (Lipinski definition) is 5. The quantitative estimate of drug-likeness (QED) is 0.730. The smallest absolute Gasteiger partial charge is 0.223 e. The molecule has 6 heteroatoms. The van der Waals surface area contributed by atoms with Crippen LogP contribution in [0, 0.1) is 5.41 Å². The van der Waals surface area contributed by atoms with Crippen LogP contribution in [-0.4, -0.2) is 40.9 Å². The summed E-state index contributed by atoms with van der Waals surface area (Å²) in [5.74, 6) is 1.81. The van der Waals surface area contributed by atoms with E-state index >= 15 is 0 Å². The number of ether oxygens (including phenoxy) is 1. The molecule has 29 heavy (non-hydrogen) atoms. The normalized spacial score (nSPS) is 19.7. The molecule has 0 bridgehead atoms. The van der Waals surface area contributed by atoms with Gasteiger partial charge in [0.05, 0.1) is 5.69 Å². The van der Waals surface area contributed by atoms with Crippen molar-refractivity contribution in [3.8, 4) is 22.7 Å². The van der Waals surface area contributed by atoms with Gasteiger partial charge in [-0.2, -0.15) is 10.1 Å². The summed E-state index contributed by atoms with van der Waals surface area (Å²) in [6.07, 6.45) is 7.57. The summed E-state index contributed by atoms with van der Waals surface area (Å²) in [7, 11) is 0. The average Bonchev–Trinajstić information content (AvgIpc) is 3.44. The van der Waals surface area contributed by atoms with Gasteiger partial charge in [0, 0.05) is 31.0 Å². The zero-order valence-electron chi connectivity index (χ0n) is 16.5. The van der Waals surface area contributed by atoms with Crippen molar-refractivity contribution in [1.29, 1.82) is 0 Å². The summed E-state index contributed by atoms with van der Waals surface area (Å²) in [5.41, 5.74) is 4.99. The lowest BCUT2D eigenvalue weighted by molar-refractivity contribution is 0.232. The SMILES string of the molecule is c1cnn(-c2ccc3c(c2)COc2nc(N4CCC5(CCNCC5)C4)ccc2-3)c1. The first-order valence-corrected chi connectivity index (χ1v) is 10.5. The molecule has 1 N–H and O–H groups in total. The van der Waals surface area contributed by atoms with Gasteiger partial charge in [-0.3, -0.25) is 0 Å². The Morgan fingerprint density at radius 1 is 1.03 bits per heavy atom. The lowest BCUT2D eigenvalue weighted by Gasteiger charge is -2.34. The second-order valence-corrected chi connectivity index (χ2v) is 8.52. The highest BCUT2D eigenvalue weighted by molar-refractivity contribution is 5.75. The largest absolute Gasteiger partial charge is 0.472 e. The molecule has 1 aromatic carbocycles. The maximum atomic E-state index is 6.08. The van der Waals surface area contributed by atoms with Gasteiger partial charge in [-0.25, -0.2) is 4.68 Å². The molecule has 0 aliphatic carbocycles. The van der Waals surface area contributed by atoms with Crippen molar-refractivity contribution >= 4 is 5.82 Å². The number of aromatic nitrogens is 3. The molecular weight excluding hydrogens is 362 g/mol. The molecule has 2 fully saturated rings. The molecular formula is C23H25N5O. The van der Waals surface area contributed by atoms with Crippen molar-refractivity contribution in [3.63, 3.8) is 0 Å². The van der Waals surface area contributed by atoms with Crippen LogP contribution in [0.1, 0.15) is 24.8 Å². The minimum atomic E-state index is 0.471. The molecule has 0 amide bonds. The Hall–Kier alpha value is -2.86. The van der Waals surface area contributed by atoms with E-state index in [1.807, 2.05) is 16.9 Å². The van der Waals surface area contributed by atoms with Crippen LogP contribution in [0.15, 0.2) is 48.8 Å². The molecule has 6 rings (SSSR count). The maximum Gasteiger partial charge on any atom is 0.223 e. The molecule has 3 aliphatic heterocycles. The molecule has 0 saturated carbocycles. The van der Waals surface area contributed by atoms with E-state index in [4.69, 9.17) is 9.72 Å². The lowest BCUT2D eigenvalue weighted by Crippen LogP contribution is -2.38. The molecule has 148 valence electrons. The minimum absolute atomic E-state index is 0.471. The third-order valence-electron chi connectivity index (χ3n) is 6.78. The van der Waals surface area contributed by atoms with Gasteiger partial charge in [0.15, 0.2) is 0 Å². The molecule has 5 heterocycles. The zero-order valence-corrected chi connectivity index (χ0v) is 16.5. The maximum absolute atomic E-state index is 6.08. The van der Waals surface area contributed by atoms with Crippen LogP contribution in [0.3, 0.4) is 0 Å². The van der Waals surface area contributed by atoms with Crippen molar-refractivity contribution in [2.24, 2.45) is 5.41 Å².